The van der Waals surface area contributed by atoms with Crippen LogP contribution in [0.15, 0.2) is 97.1 Å². The fourth-order valence-electron chi connectivity index (χ4n) is 8.19. The topological polar surface area (TPSA) is 237 Å². The number of anilines is 5. The Morgan fingerprint density at radius 2 is 1.45 bits per heavy atom. The summed E-state index contributed by atoms with van der Waals surface area (Å²) in [5.41, 5.74) is 9.90. The van der Waals surface area contributed by atoms with Gasteiger partial charge in [0, 0.05) is 80.5 Å². The smallest absolute Gasteiger partial charge is 0.415 e. The van der Waals surface area contributed by atoms with E-state index in [1.54, 1.807) is 94.4 Å². The van der Waals surface area contributed by atoms with Crippen molar-refractivity contribution in [1.29, 1.82) is 0 Å². The van der Waals surface area contributed by atoms with Gasteiger partial charge in [0.1, 0.15) is 25.0 Å². The molecule has 7 N–H and O–H groups in total. The lowest BCUT2D eigenvalue weighted by atomic mass is 9.90. The number of ether oxygens (including phenoxy) is 2. The minimum Gasteiger partial charge on any atom is -0.492 e. The zero-order valence-electron chi connectivity index (χ0n) is 41.2. The number of nitrogens with zero attached hydrogens (tertiary/aromatic N) is 4. The third-order valence-electron chi connectivity index (χ3n) is 12.4. The van der Waals surface area contributed by atoms with Gasteiger partial charge >= 0.3 is 12.1 Å². The third-order valence-corrected chi connectivity index (χ3v) is 12.4. The molecule has 4 aromatic rings. The van der Waals surface area contributed by atoms with Gasteiger partial charge in [-0.3, -0.25) is 33.8 Å². The minimum atomic E-state index is -0.831. The number of para-hydroxylation sites is 1. The average molecular weight is 975 g/mol. The number of rotatable bonds is 18. The number of hydrogen-bond donors (Lipinski definition) is 6. The second-order valence-corrected chi connectivity index (χ2v) is 18.1. The van der Waals surface area contributed by atoms with Crippen LogP contribution < -0.4 is 46.9 Å². The van der Waals surface area contributed by atoms with Gasteiger partial charge in [-0.15, -0.1) is 0 Å². The van der Waals surface area contributed by atoms with Crippen molar-refractivity contribution >= 4 is 70.1 Å². The second-order valence-electron chi connectivity index (χ2n) is 18.1. The Labute approximate surface area is 414 Å². The summed E-state index contributed by atoms with van der Waals surface area (Å²) in [5.74, 6) is -0.684. The molecule has 2 aliphatic rings. The van der Waals surface area contributed by atoms with Crippen molar-refractivity contribution in [1.82, 2.24) is 20.4 Å². The Bertz CT molecular complexity index is 2500. The molecular weight excluding hydrogens is 909 g/mol. The molecule has 1 saturated heterocycles. The molecular formula is C52H66N10O9. The van der Waals surface area contributed by atoms with Gasteiger partial charge in [0.05, 0.1) is 18.6 Å². The van der Waals surface area contributed by atoms with Crippen LogP contribution in [0.2, 0.25) is 0 Å². The zero-order valence-corrected chi connectivity index (χ0v) is 41.2. The molecule has 1 fully saturated rings. The van der Waals surface area contributed by atoms with Crippen molar-refractivity contribution in [2.45, 2.75) is 84.7 Å². The summed E-state index contributed by atoms with van der Waals surface area (Å²) >= 11 is 0. The number of nitrogens with one attached hydrogen (secondary N) is 5. The standard InChI is InChI=1S/C52H66N10O9/c1-7-46(64)61-34(4)30-44(42-10-8-9-11-43(42)61)62(52(69)71-32-36-12-14-38(15-13-36)57-49(66)35(5)55-50(67)48(53)33(2)3)40-20-16-37(17-21-40)56-45(63)31-54-51(68)58-39-18-22-41(23-19-39)70-29-28-60-25-24-47(65)59(6)26-27-60/h8-23,33-35,44,48H,7,24-32,53H2,1-6H3,(H,55,67)(H,56,63)(H,57,66)(H2,54,58,68)/t34-,35-,44+,48-/m0/s1. The van der Waals surface area contributed by atoms with E-state index in [1.807, 2.05) is 59.0 Å². The van der Waals surface area contributed by atoms with Crippen LogP contribution in [-0.2, 0) is 35.3 Å². The van der Waals surface area contributed by atoms with Gasteiger partial charge < -0.3 is 51.6 Å². The highest BCUT2D eigenvalue weighted by molar-refractivity contribution is 5.99. The first-order valence-corrected chi connectivity index (χ1v) is 24.0. The monoisotopic (exact) mass is 975 g/mol. The Morgan fingerprint density at radius 3 is 2.14 bits per heavy atom. The van der Waals surface area contributed by atoms with Crippen molar-refractivity contribution < 1.29 is 43.0 Å². The highest BCUT2D eigenvalue weighted by Gasteiger charge is 2.39. The van der Waals surface area contributed by atoms with E-state index in [0.717, 1.165) is 12.1 Å². The molecule has 19 heteroatoms. The van der Waals surface area contributed by atoms with E-state index in [1.165, 1.54) is 0 Å². The van der Waals surface area contributed by atoms with Gasteiger partial charge in [-0.25, -0.2) is 9.59 Å². The highest BCUT2D eigenvalue weighted by Crippen LogP contribution is 2.43. The van der Waals surface area contributed by atoms with Crippen molar-refractivity contribution in [2.75, 3.05) is 72.1 Å². The molecule has 0 saturated carbocycles. The van der Waals surface area contributed by atoms with E-state index in [2.05, 4.69) is 31.5 Å². The fourth-order valence-corrected chi connectivity index (χ4v) is 8.19. The number of fused-ring (bicyclic) bond motifs is 1. The third kappa shape index (κ3) is 14.5. The predicted octanol–water partition coefficient (Wildman–Crippen LogP) is 5.84. The Morgan fingerprint density at radius 1 is 0.803 bits per heavy atom. The summed E-state index contributed by atoms with van der Waals surface area (Å²) in [4.78, 5) is 97.6. The molecule has 0 aliphatic carbocycles. The van der Waals surface area contributed by atoms with Crippen molar-refractivity contribution in [3.05, 3.63) is 108 Å². The summed E-state index contributed by atoms with van der Waals surface area (Å²) < 4.78 is 11.8. The van der Waals surface area contributed by atoms with Gasteiger partial charge in [0.15, 0.2) is 0 Å². The SMILES string of the molecule is CCC(=O)N1c2ccccc2[C@H](N(C(=O)OCc2ccc(NC(=O)[C@H](C)NC(=O)[C@@H](N)C(C)C)cc2)c2ccc(NC(=O)CNC(=O)Nc3ccc(OCCN4CCC(=O)N(C)CC4)cc3)cc2)C[C@@H]1C. The molecule has 0 radical (unpaired) electrons. The number of hydrogen-bond acceptors (Lipinski definition) is 11. The average Bonchev–Trinajstić information content (AvgIpc) is 3.52. The molecule has 0 aromatic heterocycles. The number of carbonyl (C=O) groups is 7. The van der Waals surface area contributed by atoms with Gasteiger partial charge in [0.2, 0.25) is 29.5 Å². The first kappa shape index (κ1) is 52.9. The first-order chi connectivity index (χ1) is 34.0. The van der Waals surface area contributed by atoms with Crippen LogP contribution in [0, 0.1) is 5.92 Å². The molecule has 19 nitrogen and oxygen atoms in total. The lowest BCUT2D eigenvalue weighted by Gasteiger charge is -2.43. The Kier molecular flexibility index (Phi) is 18.5. The molecule has 378 valence electrons. The molecule has 0 bridgehead atoms. The lowest BCUT2D eigenvalue weighted by Crippen LogP contribution is -2.50. The van der Waals surface area contributed by atoms with Crippen LogP contribution >= 0.6 is 0 Å². The molecule has 6 rings (SSSR count). The lowest BCUT2D eigenvalue weighted by molar-refractivity contribution is -0.129. The maximum Gasteiger partial charge on any atom is 0.415 e. The molecule has 4 atom stereocenters. The van der Waals surface area contributed by atoms with Crippen LogP contribution in [0.25, 0.3) is 0 Å². The zero-order chi connectivity index (χ0) is 51.2. The van der Waals surface area contributed by atoms with Crippen LogP contribution in [0.5, 0.6) is 5.75 Å². The van der Waals surface area contributed by atoms with E-state index in [-0.39, 0.29) is 36.9 Å². The molecule has 4 aromatic carbocycles. The number of nitrogens with two attached hydrogens (primary N) is 1. The van der Waals surface area contributed by atoms with Gasteiger partial charge in [-0.1, -0.05) is 51.1 Å². The second kappa shape index (κ2) is 24.9. The van der Waals surface area contributed by atoms with E-state index in [0.29, 0.717) is 85.3 Å². The molecule has 0 spiro atoms. The Balaban J connectivity index is 1.05. The fraction of sp³-hybridized carbons (Fsp3) is 0.404. The van der Waals surface area contributed by atoms with Gasteiger partial charge in [-0.05, 0) is 104 Å². The minimum absolute atomic E-state index is 0.0388. The summed E-state index contributed by atoms with van der Waals surface area (Å²) in [6.07, 6.45) is 0.545. The number of benzene rings is 4. The molecule has 71 heavy (non-hydrogen) atoms. The summed E-state index contributed by atoms with van der Waals surface area (Å²) in [7, 11) is 1.81. The number of likely N-dealkylation sites (N-methyl/N-ethyl adjacent to an activating group) is 1. The van der Waals surface area contributed by atoms with Crippen molar-refractivity contribution in [2.24, 2.45) is 11.7 Å². The highest BCUT2D eigenvalue weighted by atomic mass is 16.6. The van der Waals surface area contributed by atoms with Crippen LogP contribution in [0.4, 0.5) is 38.0 Å². The first-order valence-electron chi connectivity index (χ1n) is 24.0. The summed E-state index contributed by atoms with van der Waals surface area (Å²) in [6, 6.07) is 24.8. The molecule has 2 heterocycles. The van der Waals surface area contributed by atoms with E-state index >= 15 is 0 Å². The van der Waals surface area contributed by atoms with E-state index < -0.39 is 48.0 Å². The van der Waals surface area contributed by atoms with Crippen LogP contribution in [-0.4, -0.2) is 116 Å². The molecule has 8 amide bonds. The van der Waals surface area contributed by atoms with Crippen molar-refractivity contribution in [3.63, 3.8) is 0 Å². The number of urea groups is 1. The van der Waals surface area contributed by atoms with Gasteiger partial charge in [0.25, 0.3) is 0 Å². The Hall–Kier alpha value is -7.51. The predicted molar refractivity (Wildman–Crippen MR) is 272 cm³/mol. The summed E-state index contributed by atoms with van der Waals surface area (Å²) in [6.45, 7) is 11.8. The number of amides is 8. The van der Waals surface area contributed by atoms with Gasteiger partial charge in [-0.2, -0.15) is 0 Å². The van der Waals surface area contributed by atoms with E-state index in [9.17, 15) is 33.6 Å². The molecule has 0 unspecified atom stereocenters. The normalized spacial score (nSPS) is 16.6. The maximum atomic E-state index is 14.3. The quantitative estimate of drug-likeness (QED) is 0.0693. The number of carbonyl (C=O) groups excluding carboxylic acids is 7. The maximum absolute atomic E-state index is 14.3. The van der Waals surface area contributed by atoms with E-state index in [4.69, 9.17) is 15.2 Å². The van der Waals surface area contributed by atoms with Crippen molar-refractivity contribution in [3.8, 4) is 5.75 Å². The summed E-state index contributed by atoms with van der Waals surface area (Å²) in [5, 5.41) is 13.5. The van der Waals surface area contributed by atoms with Crippen LogP contribution in [0.3, 0.4) is 0 Å². The largest absolute Gasteiger partial charge is 0.492 e. The van der Waals surface area contributed by atoms with Crippen LogP contribution in [0.1, 0.15) is 71.0 Å². The molecule has 2 aliphatic heterocycles.